The fraction of sp³-hybridized carbons (Fsp3) is 0.304. The van der Waals surface area contributed by atoms with Crippen molar-refractivity contribution in [2.45, 2.75) is 13.0 Å². The van der Waals surface area contributed by atoms with Crippen LogP contribution in [0.2, 0.25) is 5.02 Å². The minimum atomic E-state index is -0.768. The summed E-state index contributed by atoms with van der Waals surface area (Å²) < 4.78 is 21.8. The van der Waals surface area contributed by atoms with E-state index in [0.717, 1.165) is 0 Å². The maximum Gasteiger partial charge on any atom is 0.338 e. The van der Waals surface area contributed by atoms with Gasteiger partial charge in [0, 0.05) is 12.1 Å². The molecule has 0 unspecified atom stereocenters. The monoisotopic (exact) mass is 460 g/mol. The van der Waals surface area contributed by atoms with Crippen LogP contribution in [0.5, 0.6) is 17.2 Å². The van der Waals surface area contributed by atoms with Crippen molar-refractivity contribution < 1.29 is 28.5 Å². The lowest BCUT2D eigenvalue weighted by Gasteiger charge is -2.34. The Bertz CT molecular complexity index is 1040. The number of amides is 2. The summed E-state index contributed by atoms with van der Waals surface area (Å²) in [7, 11) is 4.61. The molecule has 0 aliphatic carbocycles. The first kappa shape index (κ1) is 23.3. The highest BCUT2D eigenvalue weighted by atomic mass is 35.5. The van der Waals surface area contributed by atoms with Gasteiger partial charge in [0.15, 0.2) is 11.5 Å². The van der Waals surface area contributed by atoms with Crippen LogP contribution in [0.1, 0.15) is 18.5 Å². The van der Waals surface area contributed by atoms with Gasteiger partial charge in [0.25, 0.3) is 0 Å². The molecule has 0 saturated heterocycles. The van der Waals surface area contributed by atoms with Gasteiger partial charge in [0.2, 0.25) is 0 Å². The molecule has 2 amide bonds. The first-order valence-corrected chi connectivity index (χ1v) is 10.3. The number of esters is 1. The van der Waals surface area contributed by atoms with Crippen LogP contribution in [0.3, 0.4) is 0 Å². The Balaban J connectivity index is 2.06. The van der Waals surface area contributed by atoms with Crippen molar-refractivity contribution >= 4 is 23.6 Å². The molecule has 170 valence electrons. The average Bonchev–Trinajstić information content (AvgIpc) is 2.79. The zero-order valence-electron chi connectivity index (χ0n) is 18.3. The highest BCUT2D eigenvalue weighted by molar-refractivity contribution is 6.30. The SMILES string of the molecule is CCOC(=O)C1=C(COc2cccc(Cl)c2)N(C)C(=O)N[C@H]1c1ccc(OC)c(OC)c1. The molecule has 8 nitrogen and oxygen atoms in total. The first-order chi connectivity index (χ1) is 15.4. The minimum Gasteiger partial charge on any atom is -0.493 e. The summed E-state index contributed by atoms with van der Waals surface area (Å²) in [6.45, 7) is 1.86. The van der Waals surface area contributed by atoms with Gasteiger partial charge in [-0.15, -0.1) is 0 Å². The molecule has 1 N–H and O–H groups in total. The maximum absolute atomic E-state index is 13.0. The molecule has 3 rings (SSSR count). The molecule has 1 aliphatic heterocycles. The van der Waals surface area contributed by atoms with Crippen LogP contribution in [0.15, 0.2) is 53.7 Å². The quantitative estimate of drug-likeness (QED) is 0.600. The number of hydrogen-bond donors (Lipinski definition) is 1. The third-order valence-electron chi connectivity index (χ3n) is 4.98. The number of urea groups is 1. The molecule has 0 fully saturated rings. The van der Waals surface area contributed by atoms with Crippen molar-refractivity contribution in [1.82, 2.24) is 10.2 Å². The fourth-order valence-electron chi connectivity index (χ4n) is 3.37. The molecule has 0 bridgehead atoms. The highest BCUT2D eigenvalue weighted by Gasteiger charge is 2.37. The minimum absolute atomic E-state index is 0.0395. The molecule has 0 radical (unpaired) electrons. The summed E-state index contributed by atoms with van der Waals surface area (Å²) in [5, 5.41) is 3.37. The van der Waals surface area contributed by atoms with Crippen molar-refractivity contribution in [3.8, 4) is 17.2 Å². The molecule has 2 aromatic rings. The Morgan fingerprint density at radius 3 is 2.53 bits per heavy atom. The van der Waals surface area contributed by atoms with E-state index in [4.69, 9.17) is 30.5 Å². The molecular formula is C23H25ClN2O6. The van der Waals surface area contributed by atoms with Gasteiger partial charge < -0.3 is 24.3 Å². The number of benzene rings is 2. The Kier molecular flexibility index (Phi) is 7.48. The molecule has 1 heterocycles. The summed E-state index contributed by atoms with van der Waals surface area (Å²) in [5.74, 6) is 0.957. The number of nitrogens with one attached hydrogen (secondary N) is 1. The Labute approximate surface area is 191 Å². The zero-order chi connectivity index (χ0) is 23.3. The lowest BCUT2D eigenvalue weighted by Crippen LogP contribution is -2.48. The van der Waals surface area contributed by atoms with Crippen molar-refractivity contribution in [3.05, 3.63) is 64.3 Å². The van der Waals surface area contributed by atoms with Crippen molar-refractivity contribution in [2.75, 3.05) is 34.5 Å². The summed E-state index contributed by atoms with van der Waals surface area (Å²) in [5.41, 5.74) is 1.28. The van der Waals surface area contributed by atoms with E-state index >= 15 is 0 Å². The molecule has 1 atom stereocenters. The highest BCUT2D eigenvalue weighted by Crippen LogP contribution is 2.36. The van der Waals surface area contributed by atoms with Crippen LogP contribution in [0.25, 0.3) is 0 Å². The molecule has 0 spiro atoms. The van der Waals surface area contributed by atoms with E-state index in [-0.39, 0.29) is 24.8 Å². The van der Waals surface area contributed by atoms with Gasteiger partial charge in [-0.05, 0) is 42.8 Å². The number of nitrogens with zero attached hydrogens (tertiary/aromatic N) is 1. The Hall–Kier alpha value is -3.39. The number of likely N-dealkylation sites (N-methyl/N-ethyl adjacent to an activating group) is 1. The molecule has 1 aliphatic rings. The normalized spacial score (nSPS) is 15.8. The summed E-state index contributed by atoms with van der Waals surface area (Å²) in [6, 6.07) is 10.9. The topological polar surface area (TPSA) is 86.3 Å². The van der Waals surface area contributed by atoms with Crippen LogP contribution in [0, 0.1) is 0 Å². The molecule has 2 aromatic carbocycles. The van der Waals surface area contributed by atoms with E-state index in [1.54, 1.807) is 56.4 Å². The van der Waals surface area contributed by atoms with Gasteiger partial charge in [0.05, 0.1) is 38.1 Å². The van der Waals surface area contributed by atoms with E-state index in [1.165, 1.54) is 19.1 Å². The van der Waals surface area contributed by atoms with Crippen LogP contribution in [0.4, 0.5) is 4.79 Å². The predicted octanol–water partition coefficient (Wildman–Crippen LogP) is 3.95. The second-order valence-electron chi connectivity index (χ2n) is 6.88. The smallest absolute Gasteiger partial charge is 0.338 e. The van der Waals surface area contributed by atoms with Crippen LogP contribution in [-0.4, -0.2) is 51.4 Å². The number of rotatable bonds is 8. The van der Waals surface area contributed by atoms with Crippen molar-refractivity contribution in [2.24, 2.45) is 0 Å². The largest absolute Gasteiger partial charge is 0.493 e. The van der Waals surface area contributed by atoms with Gasteiger partial charge in [-0.25, -0.2) is 9.59 Å². The van der Waals surface area contributed by atoms with E-state index < -0.39 is 12.0 Å². The molecule has 9 heteroatoms. The average molecular weight is 461 g/mol. The molecule has 32 heavy (non-hydrogen) atoms. The molecule has 0 saturated carbocycles. The van der Waals surface area contributed by atoms with Gasteiger partial charge in [-0.2, -0.15) is 0 Å². The van der Waals surface area contributed by atoms with E-state index in [0.29, 0.717) is 33.5 Å². The number of hydrogen-bond acceptors (Lipinski definition) is 6. The number of carbonyl (C=O) groups is 2. The predicted molar refractivity (Wildman–Crippen MR) is 119 cm³/mol. The second kappa shape index (κ2) is 10.3. The van der Waals surface area contributed by atoms with E-state index in [2.05, 4.69) is 5.32 Å². The Morgan fingerprint density at radius 2 is 1.88 bits per heavy atom. The van der Waals surface area contributed by atoms with E-state index in [1.807, 2.05) is 0 Å². The van der Waals surface area contributed by atoms with Crippen LogP contribution < -0.4 is 19.5 Å². The van der Waals surface area contributed by atoms with Crippen molar-refractivity contribution in [3.63, 3.8) is 0 Å². The summed E-state index contributed by atoms with van der Waals surface area (Å²) in [4.78, 5) is 27.1. The summed E-state index contributed by atoms with van der Waals surface area (Å²) in [6.07, 6.45) is 0. The molecular weight excluding hydrogens is 436 g/mol. The first-order valence-electron chi connectivity index (χ1n) is 9.94. The number of methoxy groups -OCH3 is 2. The van der Waals surface area contributed by atoms with Crippen LogP contribution in [-0.2, 0) is 9.53 Å². The lowest BCUT2D eigenvalue weighted by atomic mass is 9.94. The number of ether oxygens (including phenoxy) is 4. The van der Waals surface area contributed by atoms with Crippen LogP contribution >= 0.6 is 11.6 Å². The molecule has 0 aromatic heterocycles. The fourth-order valence-corrected chi connectivity index (χ4v) is 3.55. The van der Waals surface area contributed by atoms with E-state index in [9.17, 15) is 9.59 Å². The Morgan fingerprint density at radius 1 is 1.12 bits per heavy atom. The number of halogens is 1. The second-order valence-corrected chi connectivity index (χ2v) is 7.32. The van der Waals surface area contributed by atoms with Gasteiger partial charge in [-0.3, -0.25) is 4.90 Å². The standard InChI is InChI=1S/C23H25ClN2O6/c1-5-31-22(27)20-17(13-32-16-8-6-7-15(24)12-16)26(2)23(28)25-21(20)14-9-10-18(29-3)19(11-14)30-4/h6-12,21H,5,13H2,1-4H3,(H,25,28)/t21-/m0/s1. The lowest BCUT2D eigenvalue weighted by molar-refractivity contribution is -0.139. The van der Waals surface area contributed by atoms with Crippen molar-refractivity contribution in [1.29, 1.82) is 0 Å². The third kappa shape index (κ3) is 4.91. The summed E-state index contributed by atoms with van der Waals surface area (Å²) >= 11 is 6.03. The third-order valence-corrected chi connectivity index (χ3v) is 5.22. The van der Waals surface area contributed by atoms with Gasteiger partial charge >= 0.3 is 12.0 Å². The number of carbonyl (C=O) groups excluding carboxylic acids is 2. The van der Waals surface area contributed by atoms with Gasteiger partial charge in [-0.1, -0.05) is 23.7 Å². The maximum atomic E-state index is 13.0. The zero-order valence-corrected chi connectivity index (χ0v) is 19.1. The van der Waals surface area contributed by atoms with Gasteiger partial charge in [0.1, 0.15) is 12.4 Å².